The third kappa shape index (κ3) is 6.63. The van der Waals surface area contributed by atoms with E-state index in [2.05, 4.69) is 10.6 Å². The van der Waals surface area contributed by atoms with Crippen LogP contribution in [0.1, 0.15) is 37.7 Å². The number of carboxylic acid groups (broad SMARTS) is 3. The van der Waals surface area contributed by atoms with Gasteiger partial charge in [-0.3, -0.25) is 14.4 Å². The minimum absolute atomic E-state index is 0.143. The van der Waals surface area contributed by atoms with Crippen molar-refractivity contribution in [2.45, 2.75) is 49.2 Å². The molecule has 11 nitrogen and oxygen atoms in total. The van der Waals surface area contributed by atoms with Gasteiger partial charge in [-0.15, -0.1) is 0 Å². The Morgan fingerprint density at radius 1 is 0.974 bits per heavy atom. The number of hydrogen-bond acceptors (Lipinski definition) is 7. The van der Waals surface area contributed by atoms with Crippen molar-refractivity contribution in [3.05, 3.63) is 35.9 Å². The van der Waals surface area contributed by atoms with E-state index >= 15 is 0 Å². The van der Waals surface area contributed by atoms with Crippen molar-refractivity contribution in [3.8, 4) is 0 Å². The lowest BCUT2D eigenvalue weighted by atomic mass is 9.79. The summed E-state index contributed by atoms with van der Waals surface area (Å²) in [5.41, 5.74) is -4.24. The van der Waals surface area contributed by atoms with Crippen LogP contribution in [0.2, 0.25) is 0 Å². The molecule has 210 valence electrons. The van der Waals surface area contributed by atoms with Gasteiger partial charge in [-0.25, -0.2) is 13.6 Å². The van der Waals surface area contributed by atoms with Crippen LogP contribution in [0.4, 0.5) is 8.78 Å². The molecular formula is C25H32F2N2O9. The van der Waals surface area contributed by atoms with Gasteiger partial charge in [0.2, 0.25) is 5.92 Å². The Balaban J connectivity index is 0.000000263. The number of nitrogens with one attached hydrogen (secondary N) is 2. The quantitative estimate of drug-likeness (QED) is 0.221. The summed E-state index contributed by atoms with van der Waals surface area (Å²) in [6, 6.07) is 8.51. The lowest BCUT2D eigenvalue weighted by Gasteiger charge is -2.33. The Bertz CT molecular complexity index is 1030. The number of alkyl halides is 2. The van der Waals surface area contributed by atoms with Crippen LogP contribution in [0.15, 0.2) is 30.3 Å². The fraction of sp³-hybridized carbons (Fsp3) is 0.600. The number of aliphatic carboxylic acids is 3. The van der Waals surface area contributed by atoms with Crippen LogP contribution < -0.4 is 10.6 Å². The third-order valence-electron chi connectivity index (χ3n) is 7.61. The number of hydrogen-bond donors (Lipinski definition) is 7. The summed E-state index contributed by atoms with van der Waals surface area (Å²) < 4.78 is 27.5. The number of carbonyl (C=O) groups excluding carboxylic acids is 1. The SMILES string of the molecule is O=C(NCC1[C@H]2CNC[C@@H]12)C(O)(c1ccccc1)C1CCC(F)(F)C1.O=C(O)CC(O)(CC(=O)O)C(=O)O. The van der Waals surface area contributed by atoms with Crippen LogP contribution in [0.3, 0.4) is 0 Å². The van der Waals surface area contributed by atoms with Crippen molar-refractivity contribution in [2.75, 3.05) is 19.6 Å². The predicted molar refractivity (Wildman–Crippen MR) is 126 cm³/mol. The maximum atomic E-state index is 13.7. The average molecular weight is 543 g/mol. The van der Waals surface area contributed by atoms with E-state index in [-0.39, 0.29) is 12.8 Å². The van der Waals surface area contributed by atoms with E-state index < -0.39 is 66.1 Å². The van der Waals surface area contributed by atoms with Crippen molar-refractivity contribution in [1.82, 2.24) is 10.6 Å². The number of aliphatic hydroxyl groups is 2. The highest BCUT2D eigenvalue weighted by atomic mass is 19.3. The van der Waals surface area contributed by atoms with Crippen molar-refractivity contribution in [2.24, 2.45) is 23.7 Å². The molecule has 3 aliphatic rings. The molecule has 1 heterocycles. The number of halogens is 2. The Kier molecular flexibility index (Phi) is 8.74. The number of carboxylic acids is 3. The Morgan fingerprint density at radius 3 is 1.97 bits per heavy atom. The molecule has 0 aromatic heterocycles. The van der Waals surface area contributed by atoms with Crippen molar-refractivity contribution >= 4 is 23.8 Å². The maximum absolute atomic E-state index is 13.7. The summed E-state index contributed by atoms with van der Waals surface area (Å²) in [6.07, 6.45) is -2.88. The zero-order valence-corrected chi connectivity index (χ0v) is 20.5. The van der Waals surface area contributed by atoms with Crippen molar-refractivity contribution in [1.29, 1.82) is 0 Å². The molecule has 1 aromatic carbocycles. The molecule has 13 heteroatoms. The number of piperidine rings is 1. The second kappa shape index (κ2) is 11.3. The van der Waals surface area contributed by atoms with Gasteiger partial charge in [-0.1, -0.05) is 30.3 Å². The monoisotopic (exact) mass is 542 g/mol. The van der Waals surface area contributed by atoms with Gasteiger partial charge in [-0.05, 0) is 42.8 Å². The zero-order valence-electron chi connectivity index (χ0n) is 20.5. The first kappa shape index (κ1) is 29.4. The minimum Gasteiger partial charge on any atom is -0.481 e. The molecule has 7 N–H and O–H groups in total. The molecular weight excluding hydrogens is 510 g/mol. The summed E-state index contributed by atoms with van der Waals surface area (Å²) in [5, 5.41) is 51.2. The largest absolute Gasteiger partial charge is 0.481 e. The molecule has 1 aromatic rings. The molecule has 0 bridgehead atoms. The molecule has 2 aliphatic carbocycles. The van der Waals surface area contributed by atoms with Crippen LogP contribution in [-0.4, -0.2) is 80.5 Å². The summed E-state index contributed by atoms with van der Waals surface area (Å²) in [4.78, 5) is 43.4. The Hall–Kier alpha value is -3.16. The van der Waals surface area contributed by atoms with Gasteiger partial charge in [0.15, 0.2) is 11.2 Å². The normalized spacial score (nSPS) is 26.7. The summed E-state index contributed by atoms with van der Waals surface area (Å²) in [6.45, 7) is 2.46. The Labute approximate surface area is 216 Å². The van der Waals surface area contributed by atoms with Crippen LogP contribution in [-0.2, 0) is 24.8 Å². The van der Waals surface area contributed by atoms with E-state index in [9.17, 15) is 33.1 Å². The molecule has 1 aliphatic heterocycles. The summed E-state index contributed by atoms with van der Waals surface area (Å²) in [5.74, 6) is -7.51. The van der Waals surface area contributed by atoms with Gasteiger partial charge in [0.25, 0.3) is 5.91 Å². The lowest BCUT2D eigenvalue weighted by Crippen LogP contribution is -2.50. The highest BCUT2D eigenvalue weighted by Gasteiger charge is 2.55. The Morgan fingerprint density at radius 2 is 1.53 bits per heavy atom. The molecule has 1 saturated heterocycles. The van der Waals surface area contributed by atoms with E-state index in [4.69, 9.17) is 20.4 Å². The molecule has 3 fully saturated rings. The summed E-state index contributed by atoms with van der Waals surface area (Å²) >= 11 is 0. The van der Waals surface area contributed by atoms with E-state index in [0.29, 0.717) is 29.9 Å². The summed E-state index contributed by atoms with van der Waals surface area (Å²) in [7, 11) is 0. The highest BCUT2D eigenvalue weighted by Crippen LogP contribution is 2.49. The smallest absolute Gasteiger partial charge is 0.336 e. The first-order valence-electron chi connectivity index (χ1n) is 12.2. The first-order valence-corrected chi connectivity index (χ1v) is 12.2. The van der Waals surface area contributed by atoms with Gasteiger partial charge < -0.3 is 36.2 Å². The van der Waals surface area contributed by atoms with Crippen LogP contribution >= 0.6 is 0 Å². The molecule has 3 unspecified atom stereocenters. The fourth-order valence-electron chi connectivity index (χ4n) is 5.46. The minimum atomic E-state index is -2.81. The number of amides is 1. The van der Waals surface area contributed by atoms with Crippen LogP contribution in [0, 0.1) is 23.7 Å². The van der Waals surface area contributed by atoms with Gasteiger partial charge in [0.05, 0.1) is 12.8 Å². The topological polar surface area (TPSA) is 193 Å². The van der Waals surface area contributed by atoms with E-state index in [0.717, 1.165) is 13.1 Å². The van der Waals surface area contributed by atoms with E-state index in [1.54, 1.807) is 30.3 Å². The highest BCUT2D eigenvalue weighted by molar-refractivity contribution is 5.88. The van der Waals surface area contributed by atoms with Crippen molar-refractivity contribution in [3.63, 3.8) is 0 Å². The van der Waals surface area contributed by atoms with Gasteiger partial charge >= 0.3 is 17.9 Å². The second-order valence-electron chi connectivity index (χ2n) is 10.3. The molecule has 0 spiro atoms. The number of benzene rings is 1. The molecule has 1 amide bonds. The fourth-order valence-corrected chi connectivity index (χ4v) is 5.46. The second-order valence-corrected chi connectivity index (χ2v) is 10.3. The molecule has 0 radical (unpaired) electrons. The van der Waals surface area contributed by atoms with E-state index in [1.807, 2.05) is 0 Å². The van der Waals surface area contributed by atoms with Gasteiger partial charge in [0, 0.05) is 25.3 Å². The standard InChI is InChI=1S/C19H24F2N2O2.C6H8O7/c20-18(21)7-6-13(8-18)19(25,12-4-2-1-3-5-12)17(24)23-11-16-14-9-22-10-15(14)16;7-3(8)1-6(13,5(11)12)2-4(9)10/h1-5,13-16,22,25H,6-11H2,(H,23,24);13H,1-2H2,(H,7,8)(H,9,10)(H,11,12)/t13?,14-,15+,16?,19?;. The lowest BCUT2D eigenvalue weighted by molar-refractivity contribution is -0.170. The number of carbonyl (C=O) groups is 4. The van der Waals surface area contributed by atoms with Crippen LogP contribution in [0.5, 0.6) is 0 Å². The van der Waals surface area contributed by atoms with E-state index in [1.165, 1.54) is 0 Å². The first-order chi connectivity index (χ1) is 17.7. The molecule has 38 heavy (non-hydrogen) atoms. The van der Waals surface area contributed by atoms with Crippen molar-refractivity contribution < 1.29 is 53.5 Å². The van der Waals surface area contributed by atoms with Gasteiger partial charge in [-0.2, -0.15) is 0 Å². The third-order valence-corrected chi connectivity index (χ3v) is 7.61. The molecule has 4 rings (SSSR count). The van der Waals surface area contributed by atoms with Crippen LogP contribution in [0.25, 0.3) is 0 Å². The molecule has 2 saturated carbocycles. The average Bonchev–Trinajstić information content (AvgIpc) is 3.11. The number of rotatable bonds is 10. The predicted octanol–water partition coefficient (Wildman–Crippen LogP) is 0.643. The zero-order chi connectivity index (χ0) is 28.3. The number of fused-ring (bicyclic) bond motifs is 1. The van der Waals surface area contributed by atoms with Gasteiger partial charge in [0.1, 0.15) is 0 Å². The maximum Gasteiger partial charge on any atom is 0.336 e. The molecule has 5 atom stereocenters.